The molecule has 0 radical (unpaired) electrons. The maximum atomic E-state index is 13.9. The van der Waals surface area contributed by atoms with Gasteiger partial charge >= 0.3 is 0 Å². The van der Waals surface area contributed by atoms with E-state index >= 15 is 0 Å². The second-order valence-corrected chi connectivity index (χ2v) is 16.2. The standard InChI is InChI=1S/C36H38BrFN5OPS/c1-5-7-22-41(23-8-6-2)45(46)34-33(32-24-25(3)42(26(32)4)30-20-18-29(38)19-21-30)40-43(31-12-10-9-11-13-31)35(34)39-36(44-45)27-14-16-28(37)17-15-27/h9-21,24H,5-8,22-23H2,1-4H3. The minimum atomic E-state index is -2.93. The molecule has 2 aromatic heterocycles. The van der Waals surface area contributed by atoms with E-state index < -0.39 is 6.42 Å². The molecule has 46 heavy (non-hydrogen) atoms. The van der Waals surface area contributed by atoms with Crippen LogP contribution in [0.2, 0.25) is 0 Å². The lowest BCUT2D eigenvalue weighted by molar-refractivity contribution is 0.395. The number of fused-ring (bicyclic) bond motifs is 1. The third kappa shape index (κ3) is 6.18. The maximum Gasteiger partial charge on any atom is 0.227 e. The molecule has 3 heterocycles. The van der Waals surface area contributed by atoms with Crippen molar-refractivity contribution in [1.29, 1.82) is 0 Å². The Morgan fingerprint density at radius 1 is 0.891 bits per heavy atom. The van der Waals surface area contributed by atoms with Crippen molar-refractivity contribution in [2.75, 3.05) is 13.1 Å². The van der Waals surface area contributed by atoms with Gasteiger partial charge in [0.1, 0.15) is 16.8 Å². The third-order valence-electron chi connectivity index (χ3n) is 8.31. The predicted octanol–water partition coefficient (Wildman–Crippen LogP) is 9.79. The summed E-state index contributed by atoms with van der Waals surface area (Å²) in [5.74, 6) is 0.957. The number of benzene rings is 3. The van der Waals surface area contributed by atoms with Gasteiger partial charge in [-0.2, -0.15) is 10.1 Å². The second-order valence-electron chi connectivity index (χ2n) is 11.6. The van der Waals surface area contributed by atoms with Gasteiger partial charge in [0, 0.05) is 45.8 Å². The fraction of sp³-hybridized carbons (Fsp3) is 0.278. The van der Waals surface area contributed by atoms with E-state index in [-0.39, 0.29) is 5.82 Å². The SMILES string of the molecule is CCCCN(CCCC)P1(=S)OC(c2ccc(Br)cc2)=Nc2c1c(-c1cc(C)n(-c3ccc(F)cc3)c1C)nn2-c1ccccc1. The minimum Gasteiger partial charge on any atom is -0.431 e. The number of para-hydroxylation sites is 1. The molecule has 0 saturated carbocycles. The van der Waals surface area contributed by atoms with Crippen molar-refractivity contribution in [3.05, 3.63) is 112 Å². The van der Waals surface area contributed by atoms with Gasteiger partial charge in [-0.05, 0) is 105 Å². The highest BCUT2D eigenvalue weighted by Crippen LogP contribution is 2.58. The Bertz CT molecular complexity index is 1910. The molecule has 5 aromatic rings. The van der Waals surface area contributed by atoms with Crippen molar-refractivity contribution in [1.82, 2.24) is 19.0 Å². The number of hydrogen-bond acceptors (Lipinski definition) is 4. The molecule has 1 atom stereocenters. The van der Waals surface area contributed by atoms with Crippen LogP contribution < -0.4 is 5.30 Å². The lowest BCUT2D eigenvalue weighted by Gasteiger charge is -2.37. The molecular formula is C36H38BrFN5OPS. The van der Waals surface area contributed by atoms with Gasteiger partial charge in [0.25, 0.3) is 0 Å². The molecule has 0 aliphatic carbocycles. The Morgan fingerprint density at radius 2 is 1.54 bits per heavy atom. The van der Waals surface area contributed by atoms with E-state index in [1.165, 1.54) is 12.1 Å². The molecule has 0 spiro atoms. The first kappa shape index (κ1) is 32.6. The van der Waals surface area contributed by atoms with Crippen LogP contribution in [0.4, 0.5) is 10.2 Å². The molecule has 0 fully saturated rings. The number of unbranched alkanes of at least 4 members (excludes halogenated alkanes) is 2. The molecule has 238 valence electrons. The number of rotatable bonds is 11. The van der Waals surface area contributed by atoms with Crippen LogP contribution in [0, 0.1) is 19.7 Å². The van der Waals surface area contributed by atoms with Gasteiger partial charge in [-0.1, -0.05) is 60.8 Å². The maximum absolute atomic E-state index is 13.9. The van der Waals surface area contributed by atoms with Crippen LogP contribution in [0.3, 0.4) is 0 Å². The molecule has 0 bridgehead atoms. The van der Waals surface area contributed by atoms with E-state index in [1.54, 1.807) is 12.1 Å². The highest BCUT2D eigenvalue weighted by atomic mass is 79.9. The van der Waals surface area contributed by atoms with Gasteiger partial charge in [-0.15, -0.1) is 0 Å². The van der Waals surface area contributed by atoms with Gasteiger partial charge in [0.2, 0.25) is 12.3 Å². The molecule has 0 saturated heterocycles. The summed E-state index contributed by atoms with van der Waals surface area (Å²) in [5, 5.41) is 6.19. The summed E-state index contributed by atoms with van der Waals surface area (Å²) >= 11 is 10.4. The van der Waals surface area contributed by atoms with Crippen LogP contribution in [0.1, 0.15) is 56.5 Å². The summed E-state index contributed by atoms with van der Waals surface area (Å²) in [4.78, 5) is 5.20. The zero-order valence-electron chi connectivity index (χ0n) is 26.6. The Balaban J connectivity index is 1.65. The highest BCUT2D eigenvalue weighted by Gasteiger charge is 2.43. The fourth-order valence-electron chi connectivity index (χ4n) is 5.93. The molecule has 10 heteroatoms. The average Bonchev–Trinajstić information content (AvgIpc) is 3.59. The average molecular weight is 719 g/mol. The molecule has 3 aromatic carbocycles. The highest BCUT2D eigenvalue weighted by molar-refractivity contribution is 9.10. The third-order valence-corrected chi connectivity index (χ3v) is 12.8. The second kappa shape index (κ2) is 13.8. The summed E-state index contributed by atoms with van der Waals surface area (Å²) in [7, 11) is 0. The van der Waals surface area contributed by atoms with Crippen molar-refractivity contribution in [3.63, 3.8) is 0 Å². The molecule has 6 rings (SSSR count). The number of aliphatic imine (C=N–C) groups is 1. The largest absolute Gasteiger partial charge is 0.431 e. The van der Waals surface area contributed by atoms with E-state index in [9.17, 15) is 4.39 Å². The lowest BCUT2D eigenvalue weighted by atomic mass is 10.2. The summed E-state index contributed by atoms with van der Waals surface area (Å²) in [6, 6.07) is 26.8. The smallest absolute Gasteiger partial charge is 0.227 e. The van der Waals surface area contributed by atoms with Crippen LogP contribution in [-0.2, 0) is 16.3 Å². The summed E-state index contributed by atoms with van der Waals surface area (Å²) in [5.41, 5.74) is 6.39. The summed E-state index contributed by atoms with van der Waals surface area (Å²) in [6.07, 6.45) is 1.18. The first-order valence-corrected chi connectivity index (χ1v) is 19.3. The minimum absolute atomic E-state index is 0.265. The first-order chi connectivity index (χ1) is 22.2. The fourth-order valence-corrected chi connectivity index (χ4v) is 9.91. The molecule has 1 unspecified atom stereocenters. The molecule has 1 aliphatic rings. The van der Waals surface area contributed by atoms with E-state index in [2.05, 4.69) is 58.9 Å². The van der Waals surface area contributed by atoms with Gasteiger partial charge in [-0.25, -0.2) is 13.7 Å². The van der Waals surface area contributed by atoms with Crippen LogP contribution in [0.25, 0.3) is 22.6 Å². The zero-order valence-corrected chi connectivity index (χ0v) is 29.9. The summed E-state index contributed by atoms with van der Waals surface area (Å²) in [6.45, 7) is 10.2. The van der Waals surface area contributed by atoms with E-state index in [1.807, 2.05) is 59.3 Å². The van der Waals surface area contributed by atoms with E-state index in [0.717, 1.165) is 88.1 Å². The zero-order chi connectivity index (χ0) is 32.4. The molecular weight excluding hydrogens is 680 g/mol. The Morgan fingerprint density at radius 3 is 2.17 bits per heavy atom. The molecule has 6 nitrogen and oxygen atoms in total. The number of hydrogen-bond donors (Lipinski definition) is 0. The van der Waals surface area contributed by atoms with Gasteiger partial charge in [0.15, 0.2) is 5.82 Å². The lowest BCUT2D eigenvalue weighted by Crippen LogP contribution is -2.33. The number of aryl methyl sites for hydroxylation is 1. The Hall–Kier alpha value is -3.36. The van der Waals surface area contributed by atoms with Crippen LogP contribution >= 0.6 is 22.3 Å². The van der Waals surface area contributed by atoms with Crippen molar-refractivity contribution in [3.8, 4) is 22.6 Å². The number of aromatic nitrogens is 3. The van der Waals surface area contributed by atoms with Crippen LogP contribution in [0.5, 0.6) is 0 Å². The van der Waals surface area contributed by atoms with Gasteiger partial charge in [-0.3, -0.25) is 0 Å². The van der Waals surface area contributed by atoms with Gasteiger partial charge < -0.3 is 9.09 Å². The molecule has 0 N–H and O–H groups in total. The predicted molar refractivity (Wildman–Crippen MR) is 194 cm³/mol. The monoisotopic (exact) mass is 717 g/mol. The number of halogens is 2. The molecule has 0 amide bonds. The van der Waals surface area contributed by atoms with Crippen molar-refractivity contribution in [2.24, 2.45) is 4.99 Å². The van der Waals surface area contributed by atoms with Crippen molar-refractivity contribution in [2.45, 2.75) is 53.4 Å². The van der Waals surface area contributed by atoms with E-state index in [0.29, 0.717) is 11.7 Å². The number of nitrogens with zero attached hydrogens (tertiary/aromatic N) is 5. The summed E-state index contributed by atoms with van der Waals surface area (Å²) < 4.78 is 28.4. The quantitative estimate of drug-likeness (QED) is 0.128. The van der Waals surface area contributed by atoms with Gasteiger partial charge in [0.05, 0.1) is 5.69 Å². The Labute approximate surface area is 284 Å². The molecule has 1 aliphatic heterocycles. The van der Waals surface area contributed by atoms with Crippen molar-refractivity contribution < 1.29 is 8.91 Å². The van der Waals surface area contributed by atoms with Crippen LogP contribution in [-0.4, -0.2) is 38.0 Å². The Kier molecular flexibility index (Phi) is 9.76. The van der Waals surface area contributed by atoms with Crippen LogP contribution in [0.15, 0.2) is 94.4 Å². The topological polar surface area (TPSA) is 47.6 Å². The first-order valence-electron chi connectivity index (χ1n) is 15.8. The normalized spacial score (nSPS) is 15.9. The van der Waals surface area contributed by atoms with Crippen molar-refractivity contribution >= 4 is 51.2 Å². The van der Waals surface area contributed by atoms with E-state index in [4.69, 9.17) is 26.4 Å².